The molecule has 0 unspecified atom stereocenters. The van der Waals surface area contributed by atoms with Crippen molar-refractivity contribution in [2.24, 2.45) is 0 Å². The Morgan fingerprint density at radius 2 is 1.68 bits per heavy atom. The van der Waals surface area contributed by atoms with Gasteiger partial charge in [0, 0.05) is 12.7 Å². The number of carbonyl (C=O) groups excluding carboxylic acids is 1. The molecule has 3 rings (SSSR count). The Kier molecular flexibility index (Phi) is 5.88. The second-order valence-electron chi connectivity index (χ2n) is 5.88. The van der Waals surface area contributed by atoms with Crippen molar-refractivity contribution in [3.63, 3.8) is 0 Å². The van der Waals surface area contributed by atoms with Crippen LogP contribution in [0.4, 0.5) is 29.1 Å². The van der Waals surface area contributed by atoms with Gasteiger partial charge in [-0.2, -0.15) is 0 Å². The summed E-state index contributed by atoms with van der Waals surface area (Å²) in [5.74, 6) is -5.03. The van der Waals surface area contributed by atoms with Crippen LogP contribution in [0.5, 0.6) is 0 Å². The number of carbonyl (C=O) groups is 1. The fraction of sp³-hybridized carbons (Fsp3) is 0.100. The zero-order valence-corrected chi connectivity index (χ0v) is 14.5. The molecule has 0 aliphatic carbocycles. The van der Waals surface area contributed by atoms with Gasteiger partial charge in [0.15, 0.2) is 17.5 Å². The normalized spacial score (nSPS) is 10.6. The van der Waals surface area contributed by atoms with E-state index in [-0.39, 0.29) is 11.4 Å². The Morgan fingerprint density at radius 1 is 0.893 bits per heavy atom. The first-order valence-corrected chi connectivity index (χ1v) is 8.34. The highest BCUT2D eigenvalue weighted by molar-refractivity contribution is 6.04. The highest BCUT2D eigenvalue weighted by Gasteiger charge is 2.16. The predicted molar refractivity (Wildman–Crippen MR) is 97.1 cm³/mol. The van der Waals surface area contributed by atoms with Gasteiger partial charge >= 0.3 is 0 Å². The summed E-state index contributed by atoms with van der Waals surface area (Å²) >= 11 is 0. The van der Waals surface area contributed by atoms with Crippen LogP contribution in [-0.2, 0) is 6.42 Å². The minimum absolute atomic E-state index is 0.101. The summed E-state index contributed by atoms with van der Waals surface area (Å²) in [4.78, 5) is 16.2. The summed E-state index contributed by atoms with van der Waals surface area (Å²) in [6.45, 7) is 0.430. The van der Waals surface area contributed by atoms with Gasteiger partial charge in [-0.3, -0.25) is 4.79 Å². The molecule has 0 bridgehead atoms. The number of amides is 1. The molecule has 0 fully saturated rings. The number of hydrogen-bond acceptors (Lipinski definition) is 3. The van der Waals surface area contributed by atoms with Gasteiger partial charge in [0.2, 0.25) is 0 Å². The molecule has 0 aliphatic heterocycles. The molecule has 28 heavy (non-hydrogen) atoms. The van der Waals surface area contributed by atoms with Gasteiger partial charge < -0.3 is 10.6 Å². The van der Waals surface area contributed by atoms with Crippen LogP contribution in [0.15, 0.2) is 54.7 Å². The Bertz CT molecular complexity index is 993. The number of anilines is 2. The largest absolute Gasteiger partial charge is 0.370 e. The zero-order valence-electron chi connectivity index (χ0n) is 14.5. The fourth-order valence-corrected chi connectivity index (χ4v) is 2.48. The number of halogens is 4. The fourth-order valence-electron chi connectivity index (χ4n) is 2.48. The van der Waals surface area contributed by atoms with Gasteiger partial charge in [0.05, 0.1) is 11.3 Å². The van der Waals surface area contributed by atoms with Gasteiger partial charge in [0.25, 0.3) is 5.91 Å². The topological polar surface area (TPSA) is 54.0 Å². The van der Waals surface area contributed by atoms with Crippen molar-refractivity contribution in [2.45, 2.75) is 6.42 Å². The number of aromatic nitrogens is 1. The van der Waals surface area contributed by atoms with E-state index in [9.17, 15) is 22.4 Å². The van der Waals surface area contributed by atoms with Crippen molar-refractivity contribution in [2.75, 3.05) is 17.2 Å². The third-order valence-electron chi connectivity index (χ3n) is 3.97. The van der Waals surface area contributed by atoms with Crippen molar-refractivity contribution >= 4 is 17.4 Å². The molecule has 0 saturated heterocycles. The lowest BCUT2D eigenvalue weighted by molar-refractivity contribution is 0.102. The molecular weight excluding hydrogens is 374 g/mol. The molecule has 8 heteroatoms. The monoisotopic (exact) mass is 389 g/mol. The van der Waals surface area contributed by atoms with Crippen LogP contribution >= 0.6 is 0 Å². The summed E-state index contributed by atoms with van der Waals surface area (Å²) in [5, 5.41) is 5.16. The minimum atomic E-state index is -1.66. The van der Waals surface area contributed by atoms with Gasteiger partial charge in [-0.25, -0.2) is 22.5 Å². The molecule has 4 nitrogen and oxygen atoms in total. The lowest BCUT2D eigenvalue weighted by Crippen LogP contribution is -2.14. The number of benzene rings is 2. The van der Waals surface area contributed by atoms with Crippen molar-refractivity contribution < 1.29 is 22.4 Å². The first-order chi connectivity index (χ1) is 13.5. The second kappa shape index (κ2) is 8.51. The van der Waals surface area contributed by atoms with Crippen LogP contribution in [0.3, 0.4) is 0 Å². The molecule has 0 spiro atoms. The highest BCUT2D eigenvalue weighted by Crippen LogP contribution is 2.20. The number of nitrogens with one attached hydrogen (secondary N) is 2. The van der Waals surface area contributed by atoms with Crippen molar-refractivity contribution in [3.8, 4) is 0 Å². The number of hydrogen-bond donors (Lipinski definition) is 2. The number of rotatable bonds is 6. The van der Waals surface area contributed by atoms with E-state index >= 15 is 0 Å². The predicted octanol–water partition coefficient (Wildman–Crippen LogP) is 4.54. The van der Waals surface area contributed by atoms with E-state index in [1.807, 2.05) is 0 Å². The summed E-state index contributed by atoms with van der Waals surface area (Å²) in [7, 11) is 0. The average Bonchev–Trinajstić information content (AvgIpc) is 2.70. The Hall–Kier alpha value is -3.42. The first-order valence-electron chi connectivity index (χ1n) is 8.34. The van der Waals surface area contributed by atoms with E-state index in [0.29, 0.717) is 24.3 Å². The van der Waals surface area contributed by atoms with E-state index in [1.165, 1.54) is 24.4 Å². The first kappa shape index (κ1) is 19.3. The van der Waals surface area contributed by atoms with E-state index in [2.05, 4.69) is 15.6 Å². The summed E-state index contributed by atoms with van der Waals surface area (Å²) < 4.78 is 53.3. The van der Waals surface area contributed by atoms with Crippen LogP contribution in [0.1, 0.15) is 15.9 Å². The van der Waals surface area contributed by atoms with Crippen LogP contribution in [0, 0.1) is 23.3 Å². The summed E-state index contributed by atoms with van der Waals surface area (Å²) in [6.07, 6.45) is 1.70. The Balaban J connectivity index is 1.58. The number of pyridine rings is 1. The van der Waals surface area contributed by atoms with Gasteiger partial charge in [-0.15, -0.1) is 0 Å². The second-order valence-corrected chi connectivity index (χ2v) is 5.88. The quantitative estimate of drug-likeness (QED) is 0.481. The third kappa shape index (κ3) is 4.46. The van der Waals surface area contributed by atoms with Crippen LogP contribution in [-0.4, -0.2) is 17.4 Å². The minimum Gasteiger partial charge on any atom is -0.370 e. The maximum Gasteiger partial charge on any atom is 0.257 e. The van der Waals surface area contributed by atoms with E-state index in [4.69, 9.17) is 0 Å². The molecule has 0 radical (unpaired) electrons. The molecule has 3 aromatic rings. The number of nitrogens with zero attached hydrogens (tertiary/aromatic N) is 1. The maximum atomic E-state index is 13.6. The van der Waals surface area contributed by atoms with E-state index in [1.54, 1.807) is 18.2 Å². The molecule has 1 heterocycles. The average molecular weight is 389 g/mol. The molecule has 0 saturated carbocycles. The van der Waals surface area contributed by atoms with E-state index in [0.717, 1.165) is 12.1 Å². The van der Waals surface area contributed by atoms with Crippen molar-refractivity contribution in [1.82, 2.24) is 4.98 Å². The van der Waals surface area contributed by atoms with Gasteiger partial charge in [0.1, 0.15) is 11.6 Å². The smallest absolute Gasteiger partial charge is 0.257 e. The molecule has 0 aliphatic rings. The van der Waals surface area contributed by atoms with Gasteiger partial charge in [-0.05, 0) is 42.3 Å². The van der Waals surface area contributed by atoms with Crippen LogP contribution < -0.4 is 10.6 Å². The molecular formula is C20H15F4N3O. The SMILES string of the molecule is O=C(Nc1ccc(F)c(F)c1F)c1ccc(NCCc2ccccc2F)nc1. The lowest BCUT2D eigenvalue weighted by atomic mass is 10.1. The Labute approximate surface area is 158 Å². The standard InChI is InChI=1S/C20H15F4N3O/c21-14-4-2-1-3-12(14)9-10-25-17-8-5-13(11-26-17)20(28)27-16-7-6-15(22)18(23)19(16)24/h1-8,11H,9-10H2,(H,25,26)(H,27,28). The summed E-state index contributed by atoms with van der Waals surface area (Å²) in [5.41, 5.74) is 0.194. The van der Waals surface area contributed by atoms with Crippen molar-refractivity contribution in [1.29, 1.82) is 0 Å². The maximum absolute atomic E-state index is 13.6. The molecule has 2 N–H and O–H groups in total. The van der Waals surface area contributed by atoms with Crippen LogP contribution in [0.2, 0.25) is 0 Å². The molecule has 1 aromatic heterocycles. The van der Waals surface area contributed by atoms with Crippen molar-refractivity contribution in [3.05, 3.63) is 89.1 Å². The molecule has 0 atom stereocenters. The van der Waals surface area contributed by atoms with Crippen LogP contribution in [0.25, 0.3) is 0 Å². The Morgan fingerprint density at radius 3 is 2.39 bits per heavy atom. The van der Waals surface area contributed by atoms with E-state index < -0.39 is 29.0 Å². The van der Waals surface area contributed by atoms with Gasteiger partial charge in [-0.1, -0.05) is 18.2 Å². The molecule has 144 valence electrons. The zero-order chi connectivity index (χ0) is 20.1. The summed E-state index contributed by atoms with van der Waals surface area (Å²) in [6, 6.07) is 11.0. The third-order valence-corrected chi connectivity index (χ3v) is 3.97. The highest BCUT2D eigenvalue weighted by atomic mass is 19.2. The molecule has 1 amide bonds. The molecule has 2 aromatic carbocycles. The lowest BCUT2D eigenvalue weighted by Gasteiger charge is -2.09.